The van der Waals surface area contributed by atoms with Crippen LogP contribution in [0.25, 0.3) is 0 Å². The number of benzene rings is 2. The summed E-state index contributed by atoms with van der Waals surface area (Å²) in [4.78, 5) is 12.7. The van der Waals surface area contributed by atoms with Crippen LogP contribution in [0, 0.1) is 0 Å². The molecule has 2 aromatic rings. The van der Waals surface area contributed by atoms with Gasteiger partial charge in [-0.3, -0.25) is 4.79 Å². The Morgan fingerprint density at radius 3 is 2.42 bits per heavy atom. The second-order valence-corrected chi connectivity index (χ2v) is 5.64. The number of thioether (sulfide) groups is 1. The number of rotatable bonds is 5. The Kier molecular flexibility index (Phi) is 5.06. The molecule has 19 heavy (non-hydrogen) atoms. The number of halogens is 1. The molecule has 0 spiro atoms. The number of Topliss-reactive ketones (excluding diaryl/α,β-unsaturated/α-hetero) is 1. The van der Waals surface area contributed by atoms with Gasteiger partial charge < -0.3 is 0 Å². The standard InChI is InChI=1S/C16H15ClOS/c1-2-16(18)12-7-9-14(10-8-12)19-11-13-5-3-4-6-15(13)17/h3-10H,2,11H2,1H3. The fourth-order valence-corrected chi connectivity index (χ4v) is 2.90. The molecule has 0 N–H and O–H groups in total. The largest absolute Gasteiger partial charge is 0.294 e. The molecular weight excluding hydrogens is 276 g/mol. The van der Waals surface area contributed by atoms with Crippen molar-refractivity contribution in [2.24, 2.45) is 0 Å². The molecule has 1 nitrogen and oxygen atoms in total. The summed E-state index contributed by atoms with van der Waals surface area (Å²) in [7, 11) is 0. The Balaban J connectivity index is 2.01. The van der Waals surface area contributed by atoms with Gasteiger partial charge in [-0.2, -0.15) is 0 Å². The molecule has 2 rings (SSSR count). The summed E-state index contributed by atoms with van der Waals surface area (Å²) in [6.45, 7) is 1.88. The minimum absolute atomic E-state index is 0.183. The van der Waals surface area contributed by atoms with Crippen LogP contribution in [0.15, 0.2) is 53.4 Å². The number of ketones is 1. The smallest absolute Gasteiger partial charge is 0.162 e. The summed E-state index contributed by atoms with van der Waals surface area (Å²) in [6, 6.07) is 15.6. The van der Waals surface area contributed by atoms with Gasteiger partial charge in [-0.15, -0.1) is 11.8 Å². The van der Waals surface area contributed by atoms with Gasteiger partial charge in [0, 0.05) is 27.7 Å². The minimum Gasteiger partial charge on any atom is -0.294 e. The van der Waals surface area contributed by atoms with E-state index < -0.39 is 0 Å². The van der Waals surface area contributed by atoms with Crippen molar-refractivity contribution in [3.8, 4) is 0 Å². The van der Waals surface area contributed by atoms with E-state index >= 15 is 0 Å². The molecular formula is C16H15ClOS. The highest BCUT2D eigenvalue weighted by Gasteiger charge is 2.04. The van der Waals surface area contributed by atoms with Crippen molar-refractivity contribution in [1.82, 2.24) is 0 Å². The molecule has 0 fully saturated rings. The molecule has 0 aliphatic carbocycles. The third-order valence-electron chi connectivity index (χ3n) is 2.85. The molecule has 0 saturated carbocycles. The number of hydrogen-bond acceptors (Lipinski definition) is 2. The van der Waals surface area contributed by atoms with Crippen LogP contribution < -0.4 is 0 Å². The van der Waals surface area contributed by atoms with Gasteiger partial charge in [-0.05, 0) is 23.8 Å². The highest BCUT2D eigenvalue weighted by atomic mass is 35.5. The zero-order valence-corrected chi connectivity index (χ0v) is 12.3. The average Bonchev–Trinajstić information content (AvgIpc) is 2.46. The predicted octanol–water partition coefficient (Wildman–Crippen LogP) is 5.23. The number of carbonyl (C=O) groups is 1. The van der Waals surface area contributed by atoms with Crippen molar-refractivity contribution >= 4 is 29.1 Å². The van der Waals surface area contributed by atoms with Crippen LogP contribution in [0.4, 0.5) is 0 Å². The van der Waals surface area contributed by atoms with E-state index in [2.05, 4.69) is 0 Å². The van der Waals surface area contributed by atoms with Crippen LogP contribution in [0.3, 0.4) is 0 Å². The maximum Gasteiger partial charge on any atom is 0.162 e. The molecule has 0 aliphatic heterocycles. The van der Waals surface area contributed by atoms with Gasteiger partial charge in [0.1, 0.15) is 0 Å². The Hall–Kier alpha value is -1.25. The van der Waals surface area contributed by atoms with Gasteiger partial charge in [0.2, 0.25) is 0 Å². The zero-order chi connectivity index (χ0) is 13.7. The second kappa shape index (κ2) is 6.78. The van der Waals surface area contributed by atoms with Gasteiger partial charge in [0.05, 0.1) is 0 Å². The van der Waals surface area contributed by atoms with Gasteiger partial charge in [0.25, 0.3) is 0 Å². The fraction of sp³-hybridized carbons (Fsp3) is 0.188. The number of carbonyl (C=O) groups excluding carboxylic acids is 1. The average molecular weight is 291 g/mol. The summed E-state index contributed by atoms with van der Waals surface area (Å²) < 4.78 is 0. The van der Waals surface area contributed by atoms with E-state index in [1.54, 1.807) is 11.8 Å². The van der Waals surface area contributed by atoms with Crippen LogP contribution >= 0.6 is 23.4 Å². The maximum absolute atomic E-state index is 11.5. The lowest BCUT2D eigenvalue weighted by molar-refractivity contribution is 0.0988. The predicted molar refractivity (Wildman–Crippen MR) is 82.1 cm³/mol. The van der Waals surface area contributed by atoms with E-state index in [4.69, 9.17) is 11.6 Å². The lowest BCUT2D eigenvalue weighted by Crippen LogP contribution is -1.95. The molecule has 0 aliphatic rings. The zero-order valence-electron chi connectivity index (χ0n) is 10.7. The highest BCUT2D eigenvalue weighted by molar-refractivity contribution is 7.98. The van der Waals surface area contributed by atoms with Gasteiger partial charge in [-0.1, -0.05) is 48.9 Å². The normalized spacial score (nSPS) is 10.4. The van der Waals surface area contributed by atoms with Crippen molar-refractivity contribution in [2.75, 3.05) is 0 Å². The lowest BCUT2D eigenvalue weighted by Gasteiger charge is -2.05. The topological polar surface area (TPSA) is 17.1 Å². The third kappa shape index (κ3) is 3.85. The molecule has 0 atom stereocenters. The summed E-state index contributed by atoms with van der Waals surface area (Å²) in [5, 5.41) is 0.799. The molecule has 0 radical (unpaired) electrons. The Morgan fingerprint density at radius 1 is 1.11 bits per heavy atom. The molecule has 2 aromatic carbocycles. The van der Waals surface area contributed by atoms with E-state index in [-0.39, 0.29) is 5.78 Å². The first-order chi connectivity index (χ1) is 9.20. The van der Waals surface area contributed by atoms with E-state index in [1.807, 2.05) is 55.5 Å². The molecule has 3 heteroatoms. The summed E-state index contributed by atoms with van der Waals surface area (Å²) in [5.74, 6) is 1.02. The van der Waals surface area contributed by atoms with Gasteiger partial charge in [-0.25, -0.2) is 0 Å². The second-order valence-electron chi connectivity index (χ2n) is 4.18. The maximum atomic E-state index is 11.5. The van der Waals surface area contributed by atoms with E-state index in [1.165, 1.54) is 0 Å². The molecule has 0 unspecified atom stereocenters. The molecule has 0 aromatic heterocycles. The monoisotopic (exact) mass is 290 g/mol. The van der Waals surface area contributed by atoms with Crippen LogP contribution in [-0.4, -0.2) is 5.78 Å². The summed E-state index contributed by atoms with van der Waals surface area (Å²) in [5.41, 5.74) is 1.91. The molecule has 0 saturated heterocycles. The molecule has 0 bridgehead atoms. The minimum atomic E-state index is 0.183. The van der Waals surface area contributed by atoms with Crippen LogP contribution in [0.2, 0.25) is 5.02 Å². The molecule has 0 amide bonds. The van der Waals surface area contributed by atoms with Crippen molar-refractivity contribution in [1.29, 1.82) is 0 Å². The van der Waals surface area contributed by atoms with Gasteiger partial charge in [0.15, 0.2) is 5.78 Å². The van der Waals surface area contributed by atoms with Crippen LogP contribution in [0.5, 0.6) is 0 Å². The van der Waals surface area contributed by atoms with Crippen molar-refractivity contribution in [2.45, 2.75) is 24.0 Å². The van der Waals surface area contributed by atoms with Gasteiger partial charge >= 0.3 is 0 Å². The third-order valence-corrected chi connectivity index (χ3v) is 4.28. The molecule has 98 valence electrons. The Labute approximate surface area is 123 Å². The SMILES string of the molecule is CCC(=O)c1ccc(SCc2ccccc2Cl)cc1. The Morgan fingerprint density at radius 2 is 1.79 bits per heavy atom. The van der Waals surface area contributed by atoms with E-state index in [0.29, 0.717) is 6.42 Å². The van der Waals surface area contributed by atoms with Crippen molar-refractivity contribution in [3.05, 3.63) is 64.7 Å². The fourth-order valence-electron chi connectivity index (χ4n) is 1.72. The summed E-state index contributed by atoms with van der Waals surface area (Å²) >= 11 is 7.84. The van der Waals surface area contributed by atoms with Crippen LogP contribution in [0.1, 0.15) is 29.3 Å². The van der Waals surface area contributed by atoms with Crippen molar-refractivity contribution in [3.63, 3.8) is 0 Å². The number of hydrogen-bond donors (Lipinski definition) is 0. The first-order valence-corrected chi connectivity index (χ1v) is 7.56. The highest BCUT2D eigenvalue weighted by Crippen LogP contribution is 2.26. The van der Waals surface area contributed by atoms with Crippen molar-refractivity contribution < 1.29 is 4.79 Å². The quantitative estimate of drug-likeness (QED) is 0.554. The Bertz CT molecular complexity index is 563. The van der Waals surface area contributed by atoms with E-state index in [9.17, 15) is 4.79 Å². The first kappa shape index (κ1) is 14.2. The molecule has 0 heterocycles. The van der Waals surface area contributed by atoms with E-state index in [0.717, 1.165) is 26.8 Å². The summed E-state index contributed by atoms with van der Waals surface area (Å²) in [6.07, 6.45) is 0.548. The first-order valence-electron chi connectivity index (χ1n) is 6.20. The van der Waals surface area contributed by atoms with Crippen LogP contribution in [-0.2, 0) is 5.75 Å². The lowest BCUT2D eigenvalue weighted by atomic mass is 10.1.